The molecule has 1 heterocycles. The molecule has 2 heteroatoms. The standard InChI is InChI=1S/C14H30N2/c1-12(2)14(7-8-15-9-14)11-16(6)10-13(3,4)5/h12,15H,7-11H2,1-6H3. The summed E-state index contributed by atoms with van der Waals surface area (Å²) in [4.78, 5) is 2.52. The second-order valence-electron chi connectivity index (χ2n) is 7.18. The van der Waals surface area contributed by atoms with Crippen LogP contribution in [-0.4, -0.2) is 38.1 Å². The highest BCUT2D eigenvalue weighted by molar-refractivity contribution is 4.92. The fourth-order valence-electron chi connectivity index (χ4n) is 2.98. The molecule has 1 unspecified atom stereocenters. The average Bonchev–Trinajstić information content (AvgIpc) is 2.49. The topological polar surface area (TPSA) is 15.3 Å². The smallest absolute Gasteiger partial charge is 0.00503 e. The van der Waals surface area contributed by atoms with Crippen molar-refractivity contribution in [2.24, 2.45) is 16.7 Å². The molecule has 1 rings (SSSR count). The van der Waals surface area contributed by atoms with E-state index in [4.69, 9.17) is 0 Å². The molecule has 0 aromatic rings. The van der Waals surface area contributed by atoms with Crippen molar-refractivity contribution in [2.75, 3.05) is 33.2 Å². The van der Waals surface area contributed by atoms with E-state index < -0.39 is 0 Å². The van der Waals surface area contributed by atoms with Crippen LogP contribution in [0.1, 0.15) is 41.0 Å². The zero-order chi connectivity index (χ0) is 12.4. The van der Waals surface area contributed by atoms with Gasteiger partial charge in [0.25, 0.3) is 0 Å². The van der Waals surface area contributed by atoms with Crippen LogP contribution >= 0.6 is 0 Å². The third kappa shape index (κ3) is 3.74. The average molecular weight is 226 g/mol. The van der Waals surface area contributed by atoms with Gasteiger partial charge >= 0.3 is 0 Å². The zero-order valence-electron chi connectivity index (χ0n) is 12.1. The highest BCUT2D eigenvalue weighted by Crippen LogP contribution is 2.35. The van der Waals surface area contributed by atoms with E-state index in [-0.39, 0.29) is 0 Å². The Kier molecular flexibility index (Phi) is 4.42. The molecule has 0 spiro atoms. The molecule has 16 heavy (non-hydrogen) atoms. The summed E-state index contributed by atoms with van der Waals surface area (Å²) in [6.45, 7) is 16.5. The summed E-state index contributed by atoms with van der Waals surface area (Å²) < 4.78 is 0. The Morgan fingerprint density at radius 3 is 2.31 bits per heavy atom. The normalized spacial score (nSPS) is 27.0. The van der Waals surface area contributed by atoms with E-state index >= 15 is 0 Å². The molecule has 0 aromatic heterocycles. The predicted octanol–water partition coefficient (Wildman–Crippen LogP) is 2.60. The summed E-state index contributed by atoms with van der Waals surface area (Å²) in [5, 5.41) is 3.54. The molecule has 1 saturated heterocycles. The van der Waals surface area contributed by atoms with Crippen LogP contribution in [0, 0.1) is 16.7 Å². The first-order valence-corrected chi connectivity index (χ1v) is 6.64. The molecule has 96 valence electrons. The van der Waals surface area contributed by atoms with Gasteiger partial charge in [-0.2, -0.15) is 0 Å². The summed E-state index contributed by atoms with van der Waals surface area (Å²) in [6.07, 6.45) is 1.33. The van der Waals surface area contributed by atoms with Crippen molar-refractivity contribution in [3.8, 4) is 0 Å². The van der Waals surface area contributed by atoms with E-state index in [0.29, 0.717) is 10.8 Å². The molecule has 1 aliphatic rings. The molecule has 0 aromatic carbocycles. The van der Waals surface area contributed by atoms with E-state index in [2.05, 4.69) is 51.9 Å². The van der Waals surface area contributed by atoms with Crippen LogP contribution in [0.3, 0.4) is 0 Å². The van der Waals surface area contributed by atoms with Crippen molar-refractivity contribution >= 4 is 0 Å². The van der Waals surface area contributed by atoms with Gasteiger partial charge in [-0.1, -0.05) is 34.6 Å². The molecular weight excluding hydrogens is 196 g/mol. The fraction of sp³-hybridized carbons (Fsp3) is 1.00. The minimum absolute atomic E-state index is 0.402. The van der Waals surface area contributed by atoms with E-state index in [1.54, 1.807) is 0 Å². The molecule has 1 atom stereocenters. The Bertz CT molecular complexity index is 209. The minimum atomic E-state index is 0.402. The van der Waals surface area contributed by atoms with Crippen molar-refractivity contribution in [1.82, 2.24) is 10.2 Å². The Labute approximate surface area is 102 Å². The lowest BCUT2D eigenvalue weighted by atomic mass is 9.76. The maximum absolute atomic E-state index is 3.54. The van der Waals surface area contributed by atoms with Crippen molar-refractivity contribution in [1.29, 1.82) is 0 Å². The van der Waals surface area contributed by atoms with Gasteiger partial charge in [0.15, 0.2) is 0 Å². The van der Waals surface area contributed by atoms with Gasteiger partial charge < -0.3 is 10.2 Å². The maximum Gasteiger partial charge on any atom is 0.00503 e. The molecule has 0 radical (unpaired) electrons. The minimum Gasteiger partial charge on any atom is -0.316 e. The van der Waals surface area contributed by atoms with Crippen LogP contribution in [0.2, 0.25) is 0 Å². The molecule has 2 nitrogen and oxygen atoms in total. The van der Waals surface area contributed by atoms with Gasteiger partial charge in [-0.3, -0.25) is 0 Å². The lowest BCUT2D eigenvalue weighted by Crippen LogP contribution is -2.43. The van der Waals surface area contributed by atoms with Gasteiger partial charge in [-0.15, -0.1) is 0 Å². The lowest BCUT2D eigenvalue weighted by Gasteiger charge is -2.38. The summed E-state index contributed by atoms with van der Waals surface area (Å²) in [5.41, 5.74) is 0.902. The lowest BCUT2D eigenvalue weighted by molar-refractivity contribution is 0.111. The van der Waals surface area contributed by atoms with Gasteiger partial charge in [-0.25, -0.2) is 0 Å². The Balaban J connectivity index is 2.56. The van der Waals surface area contributed by atoms with E-state index in [9.17, 15) is 0 Å². The van der Waals surface area contributed by atoms with Gasteiger partial charge in [-0.05, 0) is 36.8 Å². The molecule has 0 amide bonds. The molecule has 0 bridgehead atoms. The van der Waals surface area contributed by atoms with E-state index in [0.717, 1.165) is 5.92 Å². The van der Waals surface area contributed by atoms with Crippen molar-refractivity contribution in [3.63, 3.8) is 0 Å². The van der Waals surface area contributed by atoms with E-state index in [1.165, 1.54) is 32.6 Å². The first-order chi connectivity index (χ1) is 7.25. The van der Waals surface area contributed by atoms with Crippen LogP contribution < -0.4 is 5.32 Å². The van der Waals surface area contributed by atoms with Crippen LogP contribution in [0.4, 0.5) is 0 Å². The molecule has 0 saturated carbocycles. The van der Waals surface area contributed by atoms with Gasteiger partial charge in [0.2, 0.25) is 0 Å². The predicted molar refractivity (Wildman–Crippen MR) is 71.7 cm³/mol. The summed E-state index contributed by atoms with van der Waals surface area (Å²) in [6, 6.07) is 0. The summed E-state index contributed by atoms with van der Waals surface area (Å²) in [7, 11) is 2.27. The zero-order valence-corrected chi connectivity index (χ0v) is 12.1. The second kappa shape index (κ2) is 5.05. The highest BCUT2D eigenvalue weighted by atomic mass is 15.1. The van der Waals surface area contributed by atoms with Crippen LogP contribution in [0.25, 0.3) is 0 Å². The first-order valence-electron chi connectivity index (χ1n) is 6.64. The van der Waals surface area contributed by atoms with Crippen LogP contribution in [0.15, 0.2) is 0 Å². The van der Waals surface area contributed by atoms with Gasteiger partial charge in [0, 0.05) is 19.6 Å². The molecule has 1 N–H and O–H groups in total. The van der Waals surface area contributed by atoms with Gasteiger partial charge in [0.1, 0.15) is 0 Å². The number of nitrogens with one attached hydrogen (secondary N) is 1. The second-order valence-corrected chi connectivity index (χ2v) is 7.18. The molecule has 1 fully saturated rings. The molecule has 0 aliphatic carbocycles. The van der Waals surface area contributed by atoms with Crippen LogP contribution in [0.5, 0.6) is 0 Å². The monoisotopic (exact) mass is 226 g/mol. The van der Waals surface area contributed by atoms with Crippen LogP contribution in [-0.2, 0) is 0 Å². The Morgan fingerprint density at radius 1 is 1.31 bits per heavy atom. The van der Waals surface area contributed by atoms with Crippen molar-refractivity contribution < 1.29 is 0 Å². The molecular formula is C14H30N2. The van der Waals surface area contributed by atoms with Crippen molar-refractivity contribution in [2.45, 2.75) is 41.0 Å². The number of nitrogens with zero attached hydrogens (tertiary/aromatic N) is 1. The fourth-order valence-corrected chi connectivity index (χ4v) is 2.98. The largest absolute Gasteiger partial charge is 0.316 e. The van der Waals surface area contributed by atoms with Gasteiger partial charge in [0.05, 0.1) is 0 Å². The third-order valence-electron chi connectivity index (χ3n) is 3.83. The van der Waals surface area contributed by atoms with E-state index in [1.807, 2.05) is 0 Å². The van der Waals surface area contributed by atoms with Crippen molar-refractivity contribution in [3.05, 3.63) is 0 Å². The summed E-state index contributed by atoms with van der Waals surface area (Å²) >= 11 is 0. The number of rotatable bonds is 4. The number of hydrogen-bond donors (Lipinski definition) is 1. The SMILES string of the molecule is CC(C)C1(CN(C)CC(C)(C)C)CCNC1. The molecule has 1 aliphatic heterocycles. The quantitative estimate of drug-likeness (QED) is 0.793. The highest BCUT2D eigenvalue weighted by Gasteiger charge is 2.38. The first kappa shape index (κ1) is 14.0. The Morgan fingerprint density at radius 2 is 1.94 bits per heavy atom. The maximum atomic E-state index is 3.54. The summed E-state index contributed by atoms with van der Waals surface area (Å²) in [5.74, 6) is 0.768. The number of hydrogen-bond acceptors (Lipinski definition) is 2. The third-order valence-corrected chi connectivity index (χ3v) is 3.83. The Hall–Kier alpha value is -0.0800.